The smallest absolute Gasteiger partial charge is 0.259 e. The first-order valence-corrected chi connectivity index (χ1v) is 11.6. The Kier molecular flexibility index (Phi) is 6.45. The van der Waals surface area contributed by atoms with E-state index in [0.717, 1.165) is 37.9 Å². The fourth-order valence-corrected chi connectivity index (χ4v) is 4.51. The molecule has 2 aromatic heterocycles. The van der Waals surface area contributed by atoms with Crippen molar-refractivity contribution in [1.29, 1.82) is 0 Å². The molecule has 5 nitrogen and oxygen atoms in total. The highest BCUT2D eigenvalue weighted by molar-refractivity contribution is 6.00. The van der Waals surface area contributed by atoms with E-state index in [0.29, 0.717) is 22.9 Å². The minimum Gasteiger partial charge on any atom is -0.355 e. The van der Waals surface area contributed by atoms with Gasteiger partial charge in [0.2, 0.25) is 0 Å². The summed E-state index contributed by atoms with van der Waals surface area (Å²) in [5, 5.41) is 4.09. The van der Waals surface area contributed by atoms with Gasteiger partial charge < -0.3 is 9.42 Å². The number of hydrogen-bond acceptors (Lipinski definition) is 4. The van der Waals surface area contributed by atoms with Crippen LogP contribution in [-0.4, -0.2) is 34.0 Å². The number of piperidine rings is 1. The second kappa shape index (κ2) is 9.27. The highest BCUT2D eigenvalue weighted by Crippen LogP contribution is 2.30. The van der Waals surface area contributed by atoms with Crippen LogP contribution in [0.4, 0.5) is 0 Å². The fourth-order valence-electron chi connectivity index (χ4n) is 4.51. The second-order valence-electron chi connectivity index (χ2n) is 9.95. The minimum atomic E-state index is 0.0230. The number of carbonyl (C=O) groups excluding carboxylic acids is 1. The number of hydrogen-bond donors (Lipinski definition) is 0. The first-order chi connectivity index (χ1) is 15.3. The summed E-state index contributed by atoms with van der Waals surface area (Å²) in [4.78, 5) is 19.5. The van der Waals surface area contributed by atoms with Crippen molar-refractivity contribution in [2.24, 2.45) is 5.92 Å². The summed E-state index contributed by atoms with van der Waals surface area (Å²) in [5.74, 6) is 1.07. The Labute approximate surface area is 190 Å². The van der Waals surface area contributed by atoms with Gasteiger partial charge in [-0.1, -0.05) is 50.2 Å². The number of pyridine rings is 1. The van der Waals surface area contributed by atoms with Gasteiger partial charge >= 0.3 is 0 Å². The maximum atomic E-state index is 13.4. The zero-order valence-electron chi connectivity index (χ0n) is 19.6. The molecule has 1 fully saturated rings. The van der Waals surface area contributed by atoms with Crippen molar-refractivity contribution >= 4 is 5.91 Å². The Balaban J connectivity index is 1.41. The lowest BCUT2D eigenvalue weighted by Gasteiger charge is -2.33. The molecule has 1 atom stereocenters. The largest absolute Gasteiger partial charge is 0.355 e. The van der Waals surface area contributed by atoms with Crippen LogP contribution in [0.2, 0.25) is 0 Å². The van der Waals surface area contributed by atoms with E-state index in [1.807, 2.05) is 24.0 Å². The van der Waals surface area contributed by atoms with E-state index in [1.54, 1.807) is 12.4 Å². The van der Waals surface area contributed by atoms with Crippen molar-refractivity contribution in [3.05, 3.63) is 71.2 Å². The maximum absolute atomic E-state index is 13.4. The molecule has 3 aromatic rings. The standard InChI is InChI=1S/C27H33N3O2/c1-19-24(25(32-29-19)22-13-15-28-16-14-22)26(31)30-17-5-6-21(18-30)8-7-20-9-11-23(12-10-20)27(2,3)4/h9-16,21H,5-8,17-18H2,1-4H3/t21-/m1/s1. The van der Waals surface area contributed by atoms with E-state index in [2.05, 4.69) is 55.2 Å². The third kappa shape index (κ3) is 4.93. The van der Waals surface area contributed by atoms with Crippen molar-refractivity contribution in [2.75, 3.05) is 13.1 Å². The lowest BCUT2D eigenvalue weighted by Crippen LogP contribution is -2.40. The van der Waals surface area contributed by atoms with Crippen LogP contribution >= 0.6 is 0 Å². The Bertz CT molecular complexity index is 1050. The normalized spacial score (nSPS) is 16.9. The topological polar surface area (TPSA) is 59.2 Å². The molecule has 1 aliphatic heterocycles. The van der Waals surface area contributed by atoms with Gasteiger partial charge in [-0.2, -0.15) is 0 Å². The fraction of sp³-hybridized carbons (Fsp3) is 0.444. The van der Waals surface area contributed by atoms with Gasteiger partial charge in [-0.25, -0.2) is 0 Å². The van der Waals surface area contributed by atoms with E-state index in [-0.39, 0.29) is 11.3 Å². The lowest BCUT2D eigenvalue weighted by molar-refractivity contribution is 0.0668. The van der Waals surface area contributed by atoms with Crippen LogP contribution < -0.4 is 0 Å². The second-order valence-corrected chi connectivity index (χ2v) is 9.95. The highest BCUT2D eigenvalue weighted by Gasteiger charge is 2.30. The molecule has 3 heterocycles. The quantitative estimate of drug-likeness (QED) is 0.510. The SMILES string of the molecule is Cc1noc(-c2ccncc2)c1C(=O)N1CCC[C@H](CCc2ccc(C(C)(C)C)cc2)C1. The van der Waals surface area contributed by atoms with Crippen LogP contribution in [0.15, 0.2) is 53.3 Å². The first kappa shape index (κ1) is 22.3. The van der Waals surface area contributed by atoms with E-state index >= 15 is 0 Å². The Morgan fingerprint density at radius 1 is 1.12 bits per heavy atom. The predicted octanol–water partition coefficient (Wildman–Crippen LogP) is 5.83. The number of rotatable bonds is 5. The number of benzene rings is 1. The lowest BCUT2D eigenvalue weighted by atomic mass is 9.86. The minimum absolute atomic E-state index is 0.0230. The number of amides is 1. The van der Waals surface area contributed by atoms with Crippen molar-refractivity contribution < 1.29 is 9.32 Å². The summed E-state index contributed by atoms with van der Waals surface area (Å²) in [5.41, 5.74) is 4.97. The maximum Gasteiger partial charge on any atom is 0.259 e. The third-order valence-corrected chi connectivity index (χ3v) is 6.49. The summed E-state index contributed by atoms with van der Waals surface area (Å²) < 4.78 is 5.53. The molecular formula is C27H33N3O2. The molecule has 0 radical (unpaired) electrons. The van der Waals surface area contributed by atoms with Crippen LogP contribution in [0.3, 0.4) is 0 Å². The van der Waals surface area contributed by atoms with Crippen LogP contribution in [0.1, 0.15) is 67.2 Å². The molecule has 32 heavy (non-hydrogen) atoms. The number of carbonyl (C=O) groups is 1. The Morgan fingerprint density at radius 3 is 2.53 bits per heavy atom. The van der Waals surface area contributed by atoms with Gasteiger partial charge in [0, 0.05) is 31.0 Å². The Hall–Kier alpha value is -2.95. The van der Waals surface area contributed by atoms with Gasteiger partial charge in [-0.05, 0) is 67.2 Å². The van der Waals surface area contributed by atoms with E-state index in [1.165, 1.54) is 17.5 Å². The number of likely N-dealkylation sites (tertiary alicyclic amines) is 1. The summed E-state index contributed by atoms with van der Waals surface area (Å²) >= 11 is 0. The first-order valence-electron chi connectivity index (χ1n) is 11.6. The van der Waals surface area contributed by atoms with Crippen molar-refractivity contribution in [3.63, 3.8) is 0 Å². The van der Waals surface area contributed by atoms with Crippen molar-refractivity contribution in [2.45, 2.75) is 58.8 Å². The summed E-state index contributed by atoms with van der Waals surface area (Å²) in [6.07, 6.45) is 7.75. The molecule has 1 aromatic carbocycles. The van der Waals surface area contributed by atoms with E-state index in [4.69, 9.17) is 4.52 Å². The number of aromatic nitrogens is 2. The molecule has 5 heteroatoms. The third-order valence-electron chi connectivity index (χ3n) is 6.49. The average Bonchev–Trinajstić information content (AvgIpc) is 3.19. The van der Waals surface area contributed by atoms with E-state index in [9.17, 15) is 4.79 Å². The van der Waals surface area contributed by atoms with Gasteiger partial charge in [0.1, 0.15) is 5.56 Å². The van der Waals surface area contributed by atoms with Crippen LogP contribution in [0, 0.1) is 12.8 Å². The van der Waals surface area contributed by atoms with Gasteiger partial charge in [-0.3, -0.25) is 9.78 Å². The van der Waals surface area contributed by atoms with Crippen LogP contribution in [0.25, 0.3) is 11.3 Å². The van der Waals surface area contributed by atoms with E-state index < -0.39 is 0 Å². The highest BCUT2D eigenvalue weighted by atomic mass is 16.5. The number of nitrogens with zero attached hydrogens (tertiary/aromatic N) is 3. The molecule has 0 N–H and O–H groups in total. The summed E-state index contributed by atoms with van der Waals surface area (Å²) in [6.45, 7) is 10.1. The van der Waals surface area contributed by atoms with Crippen molar-refractivity contribution in [3.8, 4) is 11.3 Å². The summed E-state index contributed by atoms with van der Waals surface area (Å²) in [7, 11) is 0. The zero-order chi connectivity index (χ0) is 22.7. The van der Waals surface area contributed by atoms with Gasteiger partial charge in [-0.15, -0.1) is 0 Å². The molecule has 0 bridgehead atoms. The Morgan fingerprint density at radius 2 is 1.84 bits per heavy atom. The van der Waals surface area contributed by atoms with Crippen LogP contribution in [-0.2, 0) is 11.8 Å². The average molecular weight is 432 g/mol. The predicted molar refractivity (Wildman–Crippen MR) is 127 cm³/mol. The molecule has 0 spiro atoms. The monoisotopic (exact) mass is 431 g/mol. The molecule has 1 amide bonds. The summed E-state index contributed by atoms with van der Waals surface area (Å²) in [6, 6.07) is 12.7. The molecule has 1 saturated heterocycles. The zero-order valence-corrected chi connectivity index (χ0v) is 19.6. The molecule has 168 valence electrons. The molecule has 4 rings (SSSR count). The van der Waals surface area contributed by atoms with Gasteiger partial charge in [0.05, 0.1) is 5.69 Å². The van der Waals surface area contributed by atoms with Gasteiger partial charge in [0.25, 0.3) is 5.91 Å². The molecule has 0 aliphatic carbocycles. The molecular weight excluding hydrogens is 398 g/mol. The van der Waals surface area contributed by atoms with Crippen molar-refractivity contribution in [1.82, 2.24) is 15.0 Å². The van der Waals surface area contributed by atoms with Gasteiger partial charge in [0.15, 0.2) is 5.76 Å². The van der Waals surface area contributed by atoms with Crippen LogP contribution in [0.5, 0.6) is 0 Å². The molecule has 1 aliphatic rings. The molecule has 0 unspecified atom stereocenters. The number of aryl methyl sites for hydroxylation is 2. The molecule has 0 saturated carbocycles.